The second-order valence-corrected chi connectivity index (χ2v) is 4.85. The third kappa shape index (κ3) is 5.01. The van der Waals surface area contributed by atoms with Crippen molar-refractivity contribution < 1.29 is 5.11 Å². The van der Waals surface area contributed by atoms with E-state index in [1.807, 2.05) is 18.7 Å². The zero-order valence-electron chi connectivity index (χ0n) is 9.24. The maximum Gasteiger partial charge on any atom is 0.224 e. The summed E-state index contributed by atoms with van der Waals surface area (Å²) >= 11 is 7.51. The van der Waals surface area contributed by atoms with E-state index in [0.29, 0.717) is 0 Å². The number of halogens is 1. The molecular formula is C10H16ClN3OS. The number of rotatable bonds is 7. The maximum absolute atomic E-state index is 8.61. The predicted molar refractivity (Wildman–Crippen MR) is 69.3 cm³/mol. The first-order valence-corrected chi connectivity index (χ1v) is 6.69. The van der Waals surface area contributed by atoms with Crippen LogP contribution in [0, 0.1) is 6.92 Å². The van der Waals surface area contributed by atoms with Crippen LogP contribution in [0.25, 0.3) is 0 Å². The van der Waals surface area contributed by atoms with Gasteiger partial charge in [0.2, 0.25) is 5.28 Å². The summed E-state index contributed by atoms with van der Waals surface area (Å²) < 4.78 is 0. The molecule has 0 fully saturated rings. The minimum atomic E-state index is 0.265. The molecule has 0 atom stereocenters. The topological polar surface area (TPSA) is 58.0 Å². The highest BCUT2D eigenvalue weighted by Gasteiger charge is 2.00. The number of aliphatic hydroxyl groups excluding tert-OH is 1. The molecule has 0 aliphatic carbocycles. The normalized spacial score (nSPS) is 10.4. The molecule has 0 saturated heterocycles. The first kappa shape index (κ1) is 13.5. The second-order valence-electron chi connectivity index (χ2n) is 3.29. The van der Waals surface area contributed by atoms with Crippen molar-refractivity contribution in [1.29, 1.82) is 0 Å². The summed E-state index contributed by atoms with van der Waals surface area (Å²) in [5.74, 6) is 2.77. The zero-order valence-corrected chi connectivity index (χ0v) is 10.8. The van der Waals surface area contributed by atoms with Crippen molar-refractivity contribution in [1.82, 2.24) is 9.97 Å². The van der Waals surface area contributed by atoms with Crippen molar-refractivity contribution in [3.8, 4) is 0 Å². The van der Waals surface area contributed by atoms with E-state index in [9.17, 15) is 0 Å². The number of thioether (sulfide) groups is 1. The largest absolute Gasteiger partial charge is 0.396 e. The van der Waals surface area contributed by atoms with Crippen LogP contribution < -0.4 is 5.32 Å². The lowest BCUT2D eigenvalue weighted by molar-refractivity contribution is 0.296. The minimum Gasteiger partial charge on any atom is -0.396 e. The van der Waals surface area contributed by atoms with Crippen LogP contribution in [0.5, 0.6) is 0 Å². The van der Waals surface area contributed by atoms with E-state index in [1.165, 1.54) is 0 Å². The summed E-state index contributed by atoms with van der Waals surface area (Å²) in [6.07, 6.45) is 2.56. The molecule has 0 aromatic carbocycles. The Hall–Kier alpha value is -0.520. The van der Waals surface area contributed by atoms with E-state index in [2.05, 4.69) is 15.3 Å². The molecule has 1 aromatic rings. The SMILES string of the molecule is Cc1cnc(Cl)nc1NCCSCCCO. The molecule has 0 bridgehead atoms. The Morgan fingerprint density at radius 1 is 1.50 bits per heavy atom. The third-order valence-corrected chi connectivity index (χ3v) is 3.18. The number of anilines is 1. The lowest BCUT2D eigenvalue weighted by Gasteiger charge is -2.07. The Morgan fingerprint density at radius 2 is 2.31 bits per heavy atom. The molecule has 1 aromatic heterocycles. The number of nitrogens with one attached hydrogen (secondary N) is 1. The zero-order chi connectivity index (χ0) is 11.8. The lowest BCUT2D eigenvalue weighted by atomic mass is 10.3. The number of aromatic nitrogens is 2. The molecule has 1 heterocycles. The van der Waals surface area contributed by atoms with Gasteiger partial charge in [-0.3, -0.25) is 0 Å². The molecule has 2 N–H and O–H groups in total. The smallest absolute Gasteiger partial charge is 0.224 e. The summed E-state index contributed by atoms with van der Waals surface area (Å²) in [7, 11) is 0. The number of hydrogen-bond donors (Lipinski definition) is 2. The van der Waals surface area contributed by atoms with Crippen LogP contribution in [0.4, 0.5) is 5.82 Å². The highest BCUT2D eigenvalue weighted by molar-refractivity contribution is 7.99. The Kier molecular flexibility index (Phi) is 6.52. The van der Waals surface area contributed by atoms with E-state index in [4.69, 9.17) is 16.7 Å². The van der Waals surface area contributed by atoms with Crippen LogP contribution in [0.1, 0.15) is 12.0 Å². The third-order valence-electron chi connectivity index (χ3n) is 1.93. The second kappa shape index (κ2) is 7.70. The van der Waals surface area contributed by atoms with Gasteiger partial charge in [-0.15, -0.1) is 0 Å². The minimum absolute atomic E-state index is 0.265. The first-order valence-electron chi connectivity index (χ1n) is 5.15. The number of hydrogen-bond acceptors (Lipinski definition) is 5. The van der Waals surface area contributed by atoms with E-state index >= 15 is 0 Å². The van der Waals surface area contributed by atoms with Gasteiger partial charge in [-0.1, -0.05) is 0 Å². The standard InChI is InChI=1S/C10H16ClN3OS/c1-8-7-13-10(11)14-9(8)12-3-6-16-5-2-4-15/h7,15H,2-6H2,1H3,(H,12,13,14). The summed E-state index contributed by atoms with van der Waals surface area (Å²) in [5, 5.41) is 12.1. The average Bonchev–Trinajstić information content (AvgIpc) is 2.28. The Bertz CT molecular complexity index is 325. The average molecular weight is 262 g/mol. The van der Waals surface area contributed by atoms with Crippen molar-refractivity contribution in [2.24, 2.45) is 0 Å². The van der Waals surface area contributed by atoms with Gasteiger partial charge in [-0.2, -0.15) is 11.8 Å². The van der Waals surface area contributed by atoms with E-state index in [1.54, 1.807) is 6.20 Å². The Labute approximate surface area is 105 Å². The highest BCUT2D eigenvalue weighted by Crippen LogP contribution is 2.12. The Balaban J connectivity index is 2.23. The molecule has 6 heteroatoms. The summed E-state index contributed by atoms with van der Waals surface area (Å²) in [6.45, 7) is 3.04. The molecule has 0 spiro atoms. The number of aliphatic hydroxyl groups is 1. The number of nitrogens with zero attached hydrogens (tertiary/aromatic N) is 2. The van der Waals surface area contributed by atoms with Gasteiger partial charge in [0.25, 0.3) is 0 Å². The molecule has 16 heavy (non-hydrogen) atoms. The lowest BCUT2D eigenvalue weighted by Crippen LogP contribution is -2.08. The van der Waals surface area contributed by atoms with Crippen LogP contribution in [0.15, 0.2) is 6.20 Å². The maximum atomic E-state index is 8.61. The van der Waals surface area contributed by atoms with Crippen LogP contribution in [0.2, 0.25) is 5.28 Å². The summed E-state index contributed by atoms with van der Waals surface area (Å²) in [4.78, 5) is 7.99. The summed E-state index contributed by atoms with van der Waals surface area (Å²) in [5.41, 5.74) is 0.991. The fraction of sp³-hybridized carbons (Fsp3) is 0.600. The van der Waals surface area contributed by atoms with Gasteiger partial charge in [-0.05, 0) is 30.7 Å². The molecule has 0 amide bonds. The van der Waals surface area contributed by atoms with Gasteiger partial charge in [0.1, 0.15) is 5.82 Å². The molecule has 90 valence electrons. The molecule has 0 aliphatic heterocycles. The van der Waals surface area contributed by atoms with Crippen LogP contribution in [-0.4, -0.2) is 39.7 Å². The van der Waals surface area contributed by atoms with Crippen LogP contribution in [0.3, 0.4) is 0 Å². The molecule has 0 aliphatic rings. The van der Waals surface area contributed by atoms with E-state index < -0.39 is 0 Å². The van der Waals surface area contributed by atoms with Crippen molar-refractivity contribution in [2.45, 2.75) is 13.3 Å². The first-order chi connectivity index (χ1) is 7.74. The molecule has 0 saturated carbocycles. The van der Waals surface area contributed by atoms with Crippen molar-refractivity contribution in [3.63, 3.8) is 0 Å². The van der Waals surface area contributed by atoms with Crippen molar-refractivity contribution in [2.75, 3.05) is 30.0 Å². The van der Waals surface area contributed by atoms with Crippen LogP contribution >= 0.6 is 23.4 Å². The molecule has 0 radical (unpaired) electrons. The molecule has 1 rings (SSSR count). The van der Waals surface area contributed by atoms with Crippen molar-refractivity contribution in [3.05, 3.63) is 17.0 Å². The van der Waals surface area contributed by atoms with Gasteiger partial charge < -0.3 is 10.4 Å². The van der Waals surface area contributed by atoms with Gasteiger partial charge in [-0.25, -0.2) is 9.97 Å². The molecule has 4 nitrogen and oxygen atoms in total. The van der Waals surface area contributed by atoms with E-state index in [0.717, 1.165) is 35.9 Å². The van der Waals surface area contributed by atoms with Crippen LogP contribution in [-0.2, 0) is 0 Å². The monoisotopic (exact) mass is 261 g/mol. The fourth-order valence-corrected chi connectivity index (χ4v) is 2.03. The summed E-state index contributed by atoms with van der Waals surface area (Å²) in [6, 6.07) is 0. The fourth-order valence-electron chi connectivity index (χ4n) is 1.11. The van der Waals surface area contributed by atoms with Crippen molar-refractivity contribution >= 4 is 29.2 Å². The van der Waals surface area contributed by atoms with Gasteiger partial charge in [0.15, 0.2) is 0 Å². The van der Waals surface area contributed by atoms with E-state index in [-0.39, 0.29) is 11.9 Å². The van der Waals surface area contributed by atoms with Gasteiger partial charge >= 0.3 is 0 Å². The molecular weight excluding hydrogens is 246 g/mol. The molecule has 0 unspecified atom stereocenters. The Morgan fingerprint density at radius 3 is 3.06 bits per heavy atom. The quantitative estimate of drug-likeness (QED) is 0.581. The highest BCUT2D eigenvalue weighted by atomic mass is 35.5. The number of aryl methyl sites for hydroxylation is 1. The van der Waals surface area contributed by atoms with Gasteiger partial charge in [0.05, 0.1) is 0 Å². The predicted octanol–water partition coefficient (Wildman–Crippen LogP) is 1.97. The van der Waals surface area contributed by atoms with Gasteiger partial charge in [0, 0.05) is 30.7 Å².